The van der Waals surface area contributed by atoms with Crippen LogP contribution in [0.4, 0.5) is 22.0 Å². The minimum Gasteiger partial charge on any atom is -0.493 e. The molecule has 0 fully saturated rings. The van der Waals surface area contributed by atoms with Crippen LogP contribution >= 0.6 is 0 Å². The van der Waals surface area contributed by atoms with Gasteiger partial charge in [-0.05, 0) is 24.3 Å². The maximum Gasteiger partial charge on any atom is 0.461 e. The first kappa shape index (κ1) is 19.4. The van der Waals surface area contributed by atoms with Crippen LogP contribution in [0.25, 0.3) is 0 Å². The molecule has 0 bridgehead atoms. The van der Waals surface area contributed by atoms with Crippen LogP contribution in [0.5, 0.6) is 17.5 Å². The van der Waals surface area contributed by atoms with Crippen LogP contribution in [0, 0.1) is 0 Å². The largest absolute Gasteiger partial charge is 0.493 e. The number of aromatic nitrogens is 3. The molecule has 0 aliphatic heterocycles. The Balaban J connectivity index is 2.08. The van der Waals surface area contributed by atoms with Crippen LogP contribution in [0.1, 0.15) is 12.2 Å². The second-order valence-corrected chi connectivity index (χ2v) is 4.98. The molecule has 0 unspecified atom stereocenters. The lowest BCUT2D eigenvalue weighted by molar-refractivity contribution is -0.292. The van der Waals surface area contributed by atoms with Gasteiger partial charge in [-0.2, -0.15) is 26.9 Å². The van der Waals surface area contributed by atoms with Gasteiger partial charge in [0.1, 0.15) is 11.5 Å². The Hall–Kier alpha value is -2.92. The summed E-state index contributed by atoms with van der Waals surface area (Å²) in [5.41, 5.74) is 0. The average molecular weight is 381 g/mol. The van der Waals surface area contributed by atoms with E-state index in [0.29, 0.717) is 10.4 Å². The highest BCUT2D eigenvalue weighted by Gasteiger charge is 2.62. The Morgan fingerprint density at radius 1 is 1.15 bits per heavy atom. The molecule has 7 nitrogen and oxygen atoms in total. The van der Waals surface area contributed by atoms with Gasteiger partial charge in [0.25, 0.3) is 0 Å². The topological polar surface area (TPSA) is 86.5 Å². The van der Waals surface area contributed by atoms with E-state index in [1.54, 1.807) is 0 Å². The first-order chi connectivity index (χ1) is 12.0. The van der Waals surface area contributed by atoms with E-state index in [-0.39, 0.29) is 18.8 Å². The lowest BCUT2D eigenvalue weighted by atomic mass is 10.3. The number of ether oxygens (including phenoxy) is 2. The smallest absolute Gasteiger partial charge is 0.461 e. The number of nitrogens with zero attached hydrogens (tertiary/aromatic N) is 3. The first-order valence-corrected chi connectivity index (χ1v) is 6.99. The van der Waals surface area contributed by atoms with Gasteiger partial charge in [0.15, 0.2) is 0 Å². The third-order valence-electron chi connectivity index (χ3n) is 2.98. The Bertz CT molecular complexity index is 774. The van der Waals surface area contributed by atoms with E-state index in [9.17, 15) is 26.7 Å². The van der Waals surface area contributed by atoms with Gasteiger partial charge in [0.05, 0.1) is 13.0 Å². The van der Waals surface area contributed by atoms with Crippen molar-refractivity contribution in [3.05, 3.63) is 30.1 Å². The molecule has 0 saturated heterocycles. The molecule has 12 heteroatoms. The van der Waals surface area contributed by atoms with Gasteiger partial charge >= 0.3 is 24.1 Å². The van der Waals surface area contributed by atoms with Crippen molar-refractivity contribution in [2.24, 2.45) is 7.05 Å². The van der Waals surface area contributed by atoms with Gasteiger partial charge in [-0.3, -0.25) is 4.79 Å². The van der Waals surface area contributed by atoms with Crippen LogP contribution in [0.15, 0.2) is 24.3 Å². The van der Waals surface area contributed by atoms with E-state index in [2.05, 4.69) is 10.1 Å². The zero-order valence-electron chi connectivity index (χ0n) is 13.1. The second kappa shape index (κ2) is 7.14. The summed E-state index contributed by atoms with van der Waals surface area (Å²) in [6.45, 7) is -0.0608. The monoisotopic (exact) mass is 381 g/mol. The molecular formula is C14H12F5N3O4. The molecule has 1 aromatic carbocycles. The number of rotatable bonds is 7. The maximum absolute atomic E-state index is 13.2. The lowest BCUT2D eigenvalue weighted by Gasteiger charge is -2.15. The second-order valence-electron chi connectivity index (χ2n) is 4.98. The van der Waals surface area contributed by atoms with Crippen molar-refractivity contribution in [2.45, 2.75) is 18.5 Å². The van der Waals surface area contributed by atoms with Crippen molar-refractivity contribution in [3.63, 3.8) is 0 Å². The van der Waals surface area contributed by atoms with Gasteiger partial charge in [0, 0.05) is 7.05 Å². The average Bonchev–Trinajstić information content (AvgIpc) is 2.89. The zero-order chi connectivity index (χ0) is 19.5. The van der Waals surface area contributed by atoms with Crippen LogP contribution in [-0.4, -0.2) is 38.6 Å². The molecule has 1 aromatic heterocycles. The molecule has 1 heterocycles. The van der Waals surface area contributed by atoms with Gasteiger partial charge in [0.2, 0.25) is 5.82 Å². The van der Waals surface area contributed by atoms with Gasteiger partial charge in [-0.25, -0.2) is 4.68 Å². The fraction of sp³-hybridized carbons (Fsp3) is 0.357. The van der Waals surface area contributed by atoms with Crippen molar-refractivity contribution in [1.82, 2.24) is 14.8 Å². The van der Waals surface area contributed by atoms with Crippen molar-refractivity contribution in [2.75, 3.05) is 6.61 Å². The summed E-state index contributed by atoms with van der Waals surface area (Å²) in [4.78, 5) is 13.5. The molecule has 0 radical (unpaired) electrons. The third-order valence-corrected chi connectivity index (χ3v) is 2.98. The Kier molecular flexibility index (Phi) is 5.33. The molecule has 0 aliphatic rings. The van der Waals surface area contributed by atoms with Crippen LogP contribution in [0.3, 0.4) is 0 Å². The van der Waals surface area contributed by atoms with Crippen molar-refractivity contribution >= 4 is 5.97 Å². The third kappa shape index (κ3) is 4.37. The minimum atomic E-state index is -5.83. The quantitative estimate of drug-likeness (QED) is 0.742. The number of carboxylic acid groups (broad SMARTS) is 1. The number of aliphatic carboxylic acids is 1. The molecule has 0 atom stereocenters. The predicted molar refractivity (Wildman–Crippen MR) is 75.2 cm³/mol. The van der Waals surface area contributed by atoms with Crippen LogP contribution in [0.2, 0.25) is 0 Å². The molecule has 2 aromatic rings. The van der Waals surface area contributed by atoms with E-state index >= 15 is 0 Å². The Labute approximate surface area is 143 Å². The van der Waals surface area contributed by atoms with Crippen LogP contribution < -0.4 is 9.47 Å². The van der Waals surface area contributed by atoms with Crippen LogP contribution in [-0.2, 0) is 17.8 Å². The summed E-state index contributed by atoms with van der Waals surface area (Å²) in [5.74, 6) is -7.57. The number of hydrogen-bond donors (Lipinski definition) is 1. The SMILES string of the molecule is Cn1nc(C(F)(F)C(F)(F)F)nc1Oc1ccc(OCCC(=O)O)cc1. The zero-order valence-corrected chi connectivity index (χ0v) is 13.1. The minimum absolute atomic E-state index is 0.0608. The Morgan fingerprint density at radius 2 is 1.73 bits per heavy atom. The number of benzene rings is 1. The highest BCUT2D eigenvalue weighted by molar-refractivity contribution is 5.66. The molecule has 0 aliphatic carbocycles. The maximum atomic E-state index is 13.2. The van der Waals surface area contributed by atoms with Crippen molar-refractivity contribution in [3.8, 4) is 17.5 Å². The van der Waals surface area contributed by atoms with E-state index in [1.807, 2.05) is 0 Å². The number of halogens is 5. The molecule has 142 valence electrons. The normalized spacial score (nSPS) is 12.1. The number of carbonyl (C=O) groups is 1. The highest BCUT2D eigenvalue weighted by atomic mass is 19.4. The van der Waals surface area contributed by atoms with E-state index < -0.39 is 29.9 Å². The molecule has 26 heavy (non-hydrogen) atoms. The predicted octanol–water partition coefficient (Wildman–Crippen LogP) is 3.12. The summed E-state index contributed by atoms with van der Waals surface area (Å²) in [7, 11) is 1.10. The number of carboxylic acids is 1. The fourth-order valence-electron chi connectivity index (χ4n) is 1.68. The number of aryl methyl sites for hydroxylation is 1. The summed E-state index contributed by atoms with van der Waals surface area (Å²) >= 11 is 0. The van der Waals surface area contributed by atoms with Gasteiger partial charge in [-0.15, -0.1) is 5.10 Å². The van der Waals surface area contributed by atoms with E-state index in [4.69, 9.17) is 14.6 Å². The molecule has 0 amide bonds. The molecule has 0 saturated carbocycles. The summed E-state index contributed by atoms with van der Waals surface area (Å²) in [5, 5.41) is 11.5. The standard InChI is InChI=1S/C14H12F5N3O4/c1-22-12(20-11(21-22)13(15,16)14(17,18)19)26-9-4-2-8(3-5-9)25-7-6-10(23)24/h2-5H,6-7H2,1H3,(H,23,24). The van der Waals surface area contributed by atoms with E-state index in [0.717, 1.165) is 7.05 Å². The summed E-state index contributed by atoms with van der Waals surface area (Å²) in [6.07, 6.45) is -6.03. The number of alkyl halides is 5. The molecule has 1 N–H and O–H groups in total. The molecule has 2 rings (SSSR count). The summed E-state index contributed by atoms with van der Waals surface area (Å²) < 4.78 is 74.5. The van der Waals surface area contributed by atoms with Crippen molar-refractivity contribution in [1.29, 1.82) is 0 Å². The van der Waals surface area contributed by atoms with Gasteiger partial charge in [-0.1, -0.05) is 0 Å². The fourth-order valence-corrected chi connectivity index (χ4v) is 1.68. The highest BCUT2D eigenvalue weighted by Crippen LogP contribution is 2.42. The Morgan fingerprint density at radius 3 is 2.27 bits per heavy atom. The first-order valence-electron chi connectivity index (χ1n) is 6.99. The van der Waals surface area contributed by atoms with Crippen molar-refractivity contribution < 1.29 is 41.3 Å². The van der Waals surface area contributed by atoms with E-state index in [1.165, 1.54) is 24.3 Å². The summed E-state index contributed by atoms with van der Waals surface area (Å²) in [6, 6.07) is 4.92. The van der Waals surface area contributed by atoms with Gasteiger partial charge < -0.3 is 14.6 Å². The molecule has 0 spiro atoms. The molecular weight excluding hydrogens is 369 g/mol. The number of hydrogen-bond acceptors (Lipinski definition) is 5. The lowest BCUT2D eigenvalue weighted by Crippen LogP contribution is -2.34.